The quantitative estimate of drug-likeness (QED) is 0.827. The second-order valence-corrected chi connectivity index (χ2v) is 4.97. The molecule has 100 valence electrons. The van der Waals surface area contributed by atoms with Gasteiger partial charge in [-0.15, -0.1) is 0 Å². The summed E-state index contributed by atoms with van der Waals surface area (Å²) in [5.74, 6) is 0. The second kappa shape index (κ2) is 4.74. The minimum atomic E-state index is -4.26. The van der Waals surface area contributed by atoms with E-state index >= 15 is 0 Å². The van der Waals surface area contributed by atoms with E-state index in [0.717, 1.165) is 12.8 Å². The van der Waals surface area contributed by atoms with Crippen molar-refractivity contribution in [3.05, 3.63) is 0 Å². The normalized spacial score (nSPS) is 33.7. The van der Waals surface area contributed by atoms with Gasteiger partial charge in [0.1, 0.15) is 6.04 Å². The van der Waals surface area contributed by atoms with Gasteiger partial charge in [-0.05, 0) is 19.3 Å². The van der Waals surface area contributed by atoms with Crippen LogP contribution in [0.3, 0.4) is 0 Å². The number of ether oxygens (including phenoxy) is 1. The molecule has 6 heteroatoms. The molecule has 2 saturated heterocycles. The van der Waals surface area contributed by atoms with Crippen molar-refractivity contribution in [3.8, 4) is 0 Å². The molecular formula is C11H19F3N2O. The summed E-state index contributed by atoms with van der Waals surface area (Å²) in [4.78, 5) is 1.47. The van der Waals surface area contributed by atoms with E-state index < -0.39 is 18.3 Å². The third kappa shape index (κ3) is 2.74. The van der Waals surface area contributed by atoms with Crippen LogP contribution >= 0.6 is 0 Å². The van der Waals surface area contributed by atoms with Gasteiger partial charge in [-0.1, -0.05) is 6.92 Å². The van der Waals surface area contributed by atoms with Crippen LogP contribution in [-0.2, 0) is 4.74 Å². The number of halogens is 3. The van der Waals surface area contributed by atoms with Gasteiger partial charge in [0.05, 0.1) is 12.2 Å². The average Bonchev–Trinajstić information content (AvgIpc) is 2.56. The second-order valence-electron chi connectivity index (χ2n) is 4.97. The van der Waals surface area contributed by atoms with Crippen molar-refractivity contribution < 1.29 is 17.9 Å². The lowest BCUT2D eigenvalue weighted by Crippen LogP contribution is -2.60. The van der Waals surface area contributed by atoms with Crippen LogP contribution in [0.5, 0.6) is 0 Å². The third-order valence-electron chi connectivity index (χ3n) is 3.68. The molecule has 2 N–H and O–H groups in total. The van der Waals surface area contributed by atoms with Crippen LogP contribution in [0.15, 0.2) is 0 Å². The van der Waals surface area contributed by atoms with Gasteiger partial charge in [-0.2, -0.15) is 13.2 Å². The summed E-state index contributed by atoms with van der Waals surface area (Å²) >= 11 is 0. The van der Waals surface area contributed by atoms with E-state index in [1.807, 2.05) is 0 Å². The van der Waals surface area contributed by atoms with Crippen LogP contribution in [0.4, 0.5) is 13.2 Å². The Kier molecular flexibility index (Phi) is 3.66. The first-order valence-corrected chi connectivity index (χ1v) is 6.13. The SMILES string of the molecule is CCC(N)C(N1CC2CCC(C1)O2)C(F)(F)F. The highest BCUT2D eigenvalue weighted by atomic mass is 19.4. The number of fused-ring (bicyclic) bond motifs is 2. The molecule has 0 aromatic rings. The molecule has 2 bridgehead atoms. The van der Waals surface area contributed by atoms with Gasteiger partial charge in [-0.25, -0.2) is 0 Å². The zero-order valence-corrected chi connectivity index (χ0v) is 9.91. The van der Waals surface area contributed by atoms with E-state index in [9.17, 15) is 13.2 Å². The maximum atomic E-state index is 13.1. The highest BCUT2D eigenvalue weighted by Gasteiger charge is 2.49. The van der Waals surface area contributed by atoms with Gasteiger partial charge in [0.25, 0.3) is 0 Å². The Labute approximate surface area is 99.1 Å². The van der Waals surface area contributed by atoms with E-state index in [4.69, 9.17) is 10.5 Å². The molecule has 0 amide bonds. The Morgan fingerprint density at radius 1 is 1.29 bits per heavy atom. The van der Waals surface area contributed by atoms with E-state index in [1.54, 1.807) is 6.92 Å². The van der Waals surface area contributed by atoms with Crippen molar-refractivity contribution in [3.63, 3.8) is 0 Å². The van der Waals surface area contributed by atoms with Crippen molar-refractivity contribution in [2.45, 2.75) is 56.7 Å². The average molecular weight is 252 g/mol. The number of hydrogen-bond acceptors (Lipinski definition) is 3. The standard InChI is InChI=1S/C11H19F3N2O/c1-2-9(15)10(11(12,13)14)16-5-7-3-4-8(6-16)17-7/h7-10H,2-6,15H2,1H3. The number of rotatable bonds is 3. The molecule has 4 atom stereocenters. The van der Waals surface area contributed by atoms with Crippen molar-refractivity contribution in [2.75, 3.05) is 13.1 Å². The van der Waals surface area contributed by atoms with Crippen LogP contribution in [0, 0.1) is 0 Å². The topological polar surface area (TPSA) is 38.5 Å². The molecule has 17 heavy (non-hydrogen) atoms. The Morgan fingerprint density at radius 2 is 1.82 bits per heavy atom. The summed E-state index contributed by atoms with van der Waals surface area (Å²) in [6.45, 7) is 2.40. The van der Waals surface area contributed by atoms with Crippen molar-refractivity contribution >= 4 is 0 Å². The van der Waals surface area contributed by atoms with Crippen LogP contribution in [-0.4, -0.2) is 48.5 Å². The van der Waals surface area contributed by atoms with Crippen molar-refractivity contribution in [2.24, 2.45) is 5.73 Å². The zero-order valence-electron chi connectivity index (χ0n) is 9.91. The number of morpholine rings is 1. The van der Waals surface area contributed by atoms with Gasteiger partial charge in [0.15, 0.2) is 0 Å². The molecule has 2 rings (SSSR count). The number of alkyl halides is 3. The molecule has 0 aliphatic carbocycles. The number of likely N-dealkylation sites (tertiary alicyclic amines) is 1. The Balaban J connectivity index is 2.10. The summed E-state index contributed by atoms with van der Waals surface area (Å²) in [6.07, 6.45) is -2.27. The van der Waals surface area contributed by atoms with Crippen LogP contribution in [0.2, 0.25) is 0 Å². The lowest BCUT2D eigenvalue weighted by Gasteiger charge is -2.40. The molecule has 0 aromatic heterocycles. The molecule has 3 nitrogen and oxygen atoms in total. The van der Waals surface area contributed by atoms with Gasteiger partial charge < -0.3 is 10.5 Å². The van der Waals surface area contributed by atoms with Gasteiger partial charge in [-0.3, -0.25) is 4.90 Å². The molecular weight excluding hydrogens is 233 g/mol. The molecule has 2 aliphatic rings. The van der Waals surface area contributed by atoms with E-state index in [1.165, 1.54) is 4.90 Å². The van der Waals surface area contributed by atoms with Crippen LogP contribution < -0.4 is 5.73 Å². The molecule has 0 radical (unpaired) electrons. The van der Waals surface area contributed by atoms with Crippen molar-refractivity contribution in [1.82, 2.24) is 4.90 Å². The molecule has 0 spiro atoms. The minimum Gasteiger partial charge on any atom is -0.372 e. The fourth-order valence-electron chi connectivity index (χ4n) is 2.82. The van der Waals surface area contributed by atoms with E-state index in [-0.39, 0.29) is 12.2 Å². The summed E-state index contributed by atoms with van der Waals surface area (Å²) < 4.78 is 44.7. The lowest BCUT2D eigenvalue weighted by molar-refractivity contribution is -0.204. The minimum absolute atomic E-state index is 0.0392. The summed E-state index contributed by atoms with van der Waals surface area (Å²) in [7, 11) is 0. The number of nitrogens with two attached hydrogens (primary N) is 1. The van der Waals surface area contributed by atoms with Gasteiger partial charge >= 0.3 is 6.18 Å². The zero-order chi connectivity index (χ0) is 12.6. The third-order valence-corrected chi connectivity index (χ3v) is 3.68. The molecule has 2 aliphatic heterocycles. The fraction of sp³-hybridized carbons (Fsp3) is 1.00. The van der Waals surface area contributed by atoms with Crippen LogP contribution in [0.1, 0.15) is 26.2 Å². The number of hydrogen-bond donors (Lipinski definition) is 1. The predicted octanol–water partition coefficient (Wildman–Crippen LogP) is 1.52. The summed E-state index contributed by atoms with van der Waals surface area (Å²) in [6, 6.07) is -2.38. The van der Waals surface area contributed by atoms with Gasteiger partial charge in [0, 0.05) is 19.1 Å². The highest BCUT2D eigenvalue weighted by molar-refractivity contribution is 4.94. The smallest absolute Gasteiger partial charge is 0.372 e. The first-order valence-electron chi connectivity index (χ1n) is 6.13. The number of nitrogens with zero attached hydrogens (tertiary/aromatic N) is 1. The van der Waals surface area contributed by atoms with Crippen molar-refractivity contribution in [1.29, 1.82) is 0 Å². The lowest BCUT2D eigenvalue weighted by atomic mass is 10.0. The summed E-state index contributed by atoms with van der Waals surface area (Å²) in [5.41, 5.74) is 5.64. The first-order chi connectivity index (χ1) is 7.91. The Hall–Kier alpha value is -0.330. The molecule has 2 fully saturated rings. The molecule has 0 aromatic carbocycles. The fourth-order valence-corrected chi connectivity index (χ4v) is 2.82. The predicted molar refractivity (Wildman–Crippen MR) is 57.6 cm³/mol. The van der Waals surface area contributed by atoms with E-state index in [0.29, 0.717) is 19.5 Å². The Morgan fingerprint density at radius 3 is 2.24 bits per heavy atom. The molecule has 4 unspecified atom stereocenters. The van der Waals surface area contributed by atoms with Gasteiger partial charge in [0.2, 0.25) is 0 Å². The Bertz CT molecular complexity index is 260. The van der Waals surface area contributed by atoms with E-state index in [2.05, 4.69) is 0 Å². The first kappa shape index (κ1) is 13.1. The molecule has 2 heterocycles. The highest BCUT2D eigenvalue weighted by Crippen LogP contribution is 2.33. The monoisotopic (exact) mass is 252 g/mol. The maximum absolute atomic E-state index is 13.1. The van der Waals surface area contributed by atoms with Crippen LogP contribution in [0.25, 0.3) is 0 Å². The molecule has 0 saturated carbocycles. The maximum Gasteiger partial charge on any atom is 0.405 e. The largest absolute Gasteiger partial charge is 0.405 e. The summed E-state index contributed by atoms with van der Waals surface area (Å²) in [5, 5.41) is 0.